The van der Waals surface area contributed by atoms with Gasteiger partial charge in [-0.05, 0) is 88.3 Å². The Morgan fingerprint density at radius 3 is 2.66 bits per heavy atom. The molecule has 0 bridgehead atoms. The number of unbranched alkanes of at least 4 members (excludes halogenated alkanes) is 4. The normalized spacial score (nSPS) is 21.3. The zero-order chi connectivity index (χ0) is 24.3. The minimum absolute atomic E-state index is 0.123. The molecule has 0 saturated carbocycles. The average molecular weight is 486 g/mol. The summed E-state index contributed by atoms with van der Waals surface area (Å²) in [5.74, 6) is 2.65. The van der Waals surface area contributed by atoms with Gasteiger partial charge in [0.25, 0.3) is 0 Å². The van der Waals surface area contributed by atoms with Crippen LogP contribution in [0.4, 0.5) is 0 Å². The molecule has 6 heteroatoms. The van der Waals surface area contributed by atoms with Crippen molar-refractivity contribution in [1.82, 2.24) is 15.1 Å². The molecule has 1 unspecified atom stereocenters. The van der Waals surface area contributed by atoms with Crippen LogP contribution in [0.2, 0.25) is 0 Å². The molecule has 2 atom stereocenters. The third-order valence-electron chi connectivity index (χ3n) is 7.86. The van der Waals surface area contributed by atoms with E-state index in [2.05, 4.69) is 34.2 Å². The van der Waals surface area contributed by atoms with E-state index in [1.165, 1.54) is 76.7 Å². The van der Waals surface area contributed by atoms with Gasteiger partial charge in [0.05, 0.1) is 0 Å². The summed E-state index contributed by atoms with van der Waals surface area (Å²) in [6.45, 7) is 10.5. The van der Waals surface area contributed by atoms with E-state index in [0.29, 0.717) is 19.6 Å². The zero-order valence-corrected chi connectivity index (χ0v) is 21.9. The lowest BCUT2D eigenvalue weighted by Crippen LogP contribution is -2.44. The first-order valence-electron chi connectivity index (χ1n) is 14.3. The quantitative estimate of drug-likeness (QED) is 0.389. The van der Waals surface area contributed by atoms with E-state index >= 15 is 0 Å². The largest absolute Gasteiger partial charge is 0.486 e. The van der Waals surface area contributed by atoms with Crippen molar-refractivity contribution in [3.63, 3.8) is 0 Å². The first-order valence-corrected chi connectivity index (χ1v) is 14.3. The highest BCUT2D eigenvalue weighted by Crippen LogP contribution is 2.31. The van der Waals surface area contributed by atoms with Gasteiger partial charge >= 0.3 is 0 Å². The van der Waals surface area contributed by atoms with Crippen LogP contribution in [0.5, 0.6) is 11.5 Å². The van der Waals surface area contributed by atoms with E-state index in [4.69, 9.17) is 9.47 Å². The topological polar surface area (TPSA) is 54.0 Å². The Hall–Kier alpha value is -1.79. The summed E-state index contributed by atoms with van der Waals surface area (Å²) < 4.78 is 11.5. The molecular formula is C29H47N3O3. The number of fused-ring (bicyclic) bond motifs is 1. The summed E-state index contributed by atoms with van der Waals surface area (Å²) in [7, 11) is 0. The monoisotopic (exact) mass is 485 g/mol. The number of rotatable bonds is 14. The number of carbonyl (C=O) groups is 1. The van der Waals surface area contributed by atoms with Crippen molar-refractivity contribution in [2.75, 3.05) is 52.5 Å². The molecule has 1 aromatic rings. The van der Waals surface area contributed by atoms with Crippen molar-refractivity contribution in [2.24, 2.45) is 5.92 Å². The van der Waals surface area contributed by atoms with Crippen molar-refractivity contribution < 1.29 is 14.3 Å². The number of nitrogens with zero attached hydrogens (tertiary/aromatic N) is 2. The highest BCUT2D eigenvalue weighted by atomic mass is 16.6. The minimum atomic E-state index is 0.123. The lowest BCUT2D eigenvalue weighted by Gasteiger charge is -2.26. The van der Waals surface area contributed by atoms with Gasteiger partial charge in [0.15, 0.2) is 11.5 Å². The fourth-order valence-electron chi connectivity index (χ4n) is 5.85. The first-order chi connectivity index (χ1) is 17.2. The van der Waals surface area contributed by atoms with Crippen LogP contribution in [-0.2, 0) is 11.2 Å². The van der Waals surface area contributed by atoms with Crippen molar-refractivity contribution in [3.8, 4) is 11.5 Å². The van der Waals surface area contributed by atoms with Crippen LogP contribution < -0.4 is 14.8 Å². The molecule has 6 nitrogen and oxygen atoms in total. The lowest BCUT2D eigenvalue weighted by molar-refractivity contribution is -0.122. The fourth-order valence-corrected chi connectivity index (χ4v) is 5.85. The summed E-state index contributed by atoms with van der Waals surface area (Å²) in [6.07, 6.45) is 12.7. The Bertz CT molecular complexity index is 780. The van der Waals surface area contributed by atoms with Crippen LogP contribution in [0.15, 0.2) is 18.2 Å². The molecule has 2 saturated heterocycles. The highest BCUT2D eigenvalue weighted by molar-refractivity contribution is 5.76. The van der Waals surface area contributed by atoms with Crippen LogP contribution in [0, 0.1) is 5.92 Å². The number of likely N-dealkylation sites (tertiary alicyclic amines) is 2. The van der Waals surface area contributed by atoms with Gasteiger partial charge in [-0.1, -0.05) is 38.7 Å². The predicted octanol–water partition coefficient (Wildman–Crippen LogP) is 4.65. The highest BCUT2D eigenvalue weighted by Gasteiger charge is 2.26. The average Bonchev–Trinajstić information content (AvgIpc) is 3.54. The summed E-state index contributed by atoms with van der Waals surface area (Å²) in [4.78, 5) is 18.0. The van der Waals surface area contributed by atoms with Gasteiger partial charge < -0.3 is 24.6 Å². The fraction of sp³-hybridized carbons (Fsp3) is 0.759. The Balaban J connectivity index is 1.29. The van der Waals surface area contributed by atoms with Crippen LogP contribution in [-0.4, -0.2) is 74.2 Å². The molecule has 0 aromatic heterocycles. The Labute approximate surface area is 212 Å². The number of carbonyl (C=O) groups excluding carboxylic acids is 1. The Kier molecular flexibility index (Phi) is 10.6. The van der Waals surface area contributed by atoms with Gasteiger partial charge in [0, 0.05) is 25.6 Å². The molecule has 0 aliphatic carbocycles. The van der Waals surface area contributed by atoms with Crippen LogP contribution >= 0.6 is 0 Å². The summed E-state index contributed by atoms with van der Waals surface area (Å²) in [5.41, 5.74) is 1.20. The Morgan fingerprint density at radius 1 is 1.03 bits per heavy atom. The van der Waals surface area contributed by atoms with Gasteiger partial charge in [-0.3, -0.25) is 4.79 Å². The molecule has 196 valence electrons. The summed E-state index contributed by atoms with van der Waals surface area (Å²) >= 11 is 0. The third-order valence-corrected chi connectivity index (χ3v) is 7.86. The molecule has 0 radical (unpaired) electrons. The zero-order valence-electron chi connectivity index (χ0n) is 21.9. The standard InChI is InChI=1S/C29H47N3O3/c1-2-3-4-5-6-9-29(33)30-26(20-25-10-11-27-28(21-25)35-19-18-34-27)23-32-17-13-24(22-32)12-16-31-14-7-8-15-31/h10-11,21,24,26H,2-9,12-20,22-23H2,1H3,(H,30,33)/t24?,26-/m0/s1. The molecule has 2 fully saturated rings. The van der Waals surface area contributed by atoms with Gasteiger partial charge in [-0.2, -0.15) is 0 Å². The minimum Gasteiger partial charge on any atom is -0.486 e. The van der Waals surface area contributed by atoms with Crippen molar-refractivity contribution in [2.45, 2.75) is 83.6 Å². The number of nitrogens with one attached hydrogen (secondary N) is 1. The van der Waals surface area contributed by atoms with Gasteiger partial charge in [0.2, 0.25) is 5.91 Å². The first kappa shape index (κ1) is 26.3. The second-order valence-electron chi connectivity index (χ2n) is 10.9. The van der Waals surface area contributed by atoms with E-state index in [0.717, 1.165) is 49.8 Å². The molecule has 4 rings (SSSR count). The molecule has 1 N–H and O–H groups in total. The number of amides is 1. The van der Waals surface area contributed by atoms with E-state index in [1.54, 1.807) is 0 Å². The van der Waals surface area contributed by atoms with E-state index in [-0.39, 0.29) is 11.9 Å². The van der Waals surface area contributed by atoms with Gasteiger partial charge in [0.1, 0.15) is 13.2 Å². The Morgan fingerprint density at radius 2 is 1.83 bits per heavy atom. The van der Waals surface area contributed by atoms with Crippen LogP contribution in [0.25, 0.3) is 0 Å². The second kappa shape index (κ2) is 14.1. The molecular weight excluding hydrogens is 438 g/mol. The van der Waals surface area contributed by atoms with Crippen LogP contribution in [0.3, 0.4) is 0 Å². The van der Waals surface area contributed by atoms with Gasteiger partial charge in [-0.25, -0.2) is 0 Å². The van der Waals surface area contributed by atoms with Crippen LogP contribution in [0.1, 0.15) is 76.7 Å². The summed E-state index contributed by atoms with van der Waals surface area (Å²) in [5, 5.41) is 3.39. The second-order valence-corrected chi connectivity index (χ2v) is 10.9. The van der Waals surface area contributed by atoms with Crippen molar-refractivity contribution in [1.29, 1.82) is 0 Å². The number of ether oxygens (including phenoxy) is 2. The van der Waals surface area contributed by atoms with E-state index < -0.39 is 0 Å². The smallest absolute Gasteiger partial charge is 0.220 e. The summed E-state index contributed by atoms with van der Waals surface area (Å²) in [6, 6.07) is 6.36. The van der Waals surface area contributed by atoms with Crippen molar-refractivity contribution >= 4 is 5.91 Å². The molecule has 3 aliphatic rings. The number of hydrogen-bond acceptors (Lipinski definition) is 5. The molecule has 1 amide bonds. The third kappa shape index (κ3) is 8.68. The molecule has 3 aliphatic heterocycles. The maximum atomic E-state index is 12.8. The predicted molar refractivity (Wildman–Crippen MR) is 141 cm³/mol. The van der Waals surface area contributed by atoms with Crippen molar-refractivity contribution in [3.05, 3.63) is 23.8 Å². The molecule has 1 aromatic carbocycles. The maximum Gasteiger partial charge on any atom is 0.220 e. The van der Waals surface area contributed by atoms with E-state index in [1.807, 2.05) is 6.07 Å². The number of hydrogen-bond donors (Lipinski definition) is 1. The molecule has 0 spiro atoms. The van der Waals surface area contributed by atoms with Gasteiger partial charge in [-0.15, -0.1) is 0 Å². The maximum absolute atomic E-state index is 12.8. The number of benzene rings is 1. The lowest BCUT2D eigenvalue weighted by atomic mass is 10.0. The van der Waals surface area contributed by atoms with E-state index in [9.17, 15) is 4.79 Å². The molecule has 35 heavy (non-hydrogen) atoms. The SMILES string of the molecule is CCCCCCCC(=O)N[C@@H](Cc1ccc2c(c1)OCCO2)CN1CCC(CCN2CCCC2)C1. The molecule has 3 heterocycles.